The maximum Gasteiger partial charge on any atom is 0.413 e. The van der Waals surface area contributed by atoms with Crippen LogP contribution in [0.15, 0.2) is 24.3 Å². The Morgan fingerprint density at radius 3 is 2.64 bits per heavy atom. The van der Waals surface area contributed by atoms with Gasteiger partial charge in [-0.05, 0) is 25.3 Å². The van der Waals surface area contributed by atoms with Gasteiger partial charge in [-0.2, -0.15) is 0 Å². The van der Waals surface area contributed by atoms with Crippen molar-refractivity contribution in [1.29, 1.82) is 0 Å². The van der Waals surface area contributed by atoms with Crippen LogP contribution in [0.1, 0.15) is 31.2 Å². The molecule has 8 heteroatoms. The van der Waals surface area contributed by atoms with Crippen molar-refractivity contribution in [3.05, 3.63) is 34.9 Å². The smallest absolute Gasteiger partial charge is 0.413 e. The van der Waals surface area contributed by atoms with Crippen LogP contribution in [-0.2, 0) is 24.6 Å². The van der Waals surface area contributed by atoms with E-state index in [1.165, 1.54) is 11.9 Å². The number of amides is 1. The van der Waals surface area contributed by atoms with Crippen molar-refractivity contribution in [2.24, 2.45) is 5.73 Å². The molecule has 25 heavy (non-hydrogen) atoms. The molecule has 1 amide bonds. The summed E-state index contributed by atoms with van der Waals surface area (Å²) in [6.45, 7) is -0.874. The molecule has 0 aromatic heterocycles. The number of benzene rings is 1. The van der Waals surface area contributed by atoms with E-state index in [0.29, 0.717) is 23.4 Å². The Hall–Kier alpha value is -2.12. The summed E-state index contributed by atoms with van der Waals surface area (Å²) in [6.07, 6.45) is 1.56. The SMILES string of the molecule is CN(C(=O)OCOC(=O)CN)[C@]1(c2ccccc2Cl)CCCCC1=O. The van der Waals surface area contributed by atoms with Gasteiger partial charge in [-0.15, -0.1) is 0 Å². The van der Waals surface area contributed by atoms with Gasteiger partial charge in [0.25, 0.3) is 0 Å². The molecule has 0 unspecified atom stereocenters. The molecule has 0 bridgehead atoms. The Balaban J connectivity index is 2.27. The number of carbonyl (C=O) groups is 3. The van der Waals surface area contributed by atoms with E-state index >= 15 is 0 Å². The molecule has 1 aromatic rings. The molecule has 0 heterocycles. The van der Waals surface area contributed by atoms with Gasteiger partial charge in [0.1, 0.15) is 5.54 Å². The number of likely N-dealkylation sites (N-methyl/N-ethyl adjacent to an activating group) is 1. The standard InChI is InChI=1S/C17H21ClN2O5/c1-20(16(23)25-11-24-15(22)10-19)17(9-5-4-8-14(17)21)12-6-2-3-7-13(12)18/h2-3,6-7H,4-5,8-11,19H2,1H3/t17-/m0/s1. The van der Waals surface area contributed by atoms with Gasteiger partial charge < -0.3 is 15.2 Å². The number of hydrogen-bond donors (Lipinski definition) is 1. The van der Waals surface area contributed by atoms with E-state index in [0.717, 1.165) is 12.8 Å². The van der Waals surface area contributed by atoms with Gasteiger partial charge in [-0.1, -0.05) is 29.8 Å². The zero-order valence-electron chi connectivity index (χ0n) is 14.0. The van der Waals surface area contributed by atoms with Gasteiger partial charge in [-0.25, -0.2) is 4.79 Å². The quantitative estimate of drug-likeness (QED) is 0.632. The zero-order valence-corrected chi connectivity index (χ0v) is 14.8. The Labute approximate surface area is 151 Å². The van der Waals surface area contributed by atoms with Crippen LogP contribution >= 0.6 is 11.6 Å². The summed E-state index contributed by atoms with van der Waals surface area (Å²) >= 11 is 6.31. The van der Waals surface area contributed by atoms with Crippen molar-refractivity contribution in [3.63, 3.8) is 0 Å². The van der Waals surface area contributed by atoms with Gasteiger partial charge in [-0.3, -0.25) is 14.5 Å². The number of ether oxygens (including phenoxy) is 2. The van der Waals surface area contributed by atoms with E-state index in [-0.39, 0.29) is 12.3 Å². The molecule has 1 aliphatic carbocycles. The number of Topliss-reactive ketones (excluding diaryl/α,β-unsaturated/α-hetero) is 1. The lowest BCUT2D eigenvalue weighted by molar-refractivity contribution is -0.152. The third-order valence-corrected chi connectivity index (χ3v) is 4.72. The molecule has 1 aliphatic rings. The average Bonchev–Trinajstić information content (AvgIpc) is 2.62. The monoisotopic (exact) mass is 368 g/mol. The Kier molecular flexibility index (Phi) is 6.39. The number of hydrogen-bond acceptors (Lipinski definition) is 6. The Morgan fingerprint density at radius 2 is 2.00 bits per heavy atom. The largest absolute Gasteiger partial charge is 0.427 e. The highest BCUT2D eigenvalue weighted by Crippen LogP contribution is 2.42. The minimum Gasteiger partial charge on any atom is -0.427 e. The van der Waals surface area contributed by atoms with Crippen molar-refractivity contribution in [3.8, 4) is 0 Å². The highest BCUT2D eigenvalue weighted by molar-refractivity contribution is 6.31. The van der Waals surface area contributed by atoms with Crippen LogP contribution in [0.2, 0.25) is 5.02 Å². The molecule has 0 radical (unpaired) electrons. The first-order valence-electron chi connectivity index (χ1n) is 7.98. The van der Waals surface area contributed by atoms with E-state index in [4.69, 9.17) is 22.1 Å². The summed E-state index contributed by atoms with van der Waals surface area (Å²) in [4.78, 5) is 37.5. The summed E-state index contributed by atoms with van der Waals surface area (Å²) in [5, 5.41) is 0.409. The van der Waals surface area contributed by atoms with Crippen LogP contribution in [0.4, 0.5) is 4.79 Å². The van der Waals surface area contributed by atoms with Crippen molar-refractivity contribution >= 4 is 29.4 Å². The molecule has 0 spiro atoms. The summed E-state index contributed by atoms with van der Waals surface area (Å²) in [5.74, 6) is -0.782. The van der Waals surface area contributed by atoms with Gasteiger partial charge in [0, 0.05) is 24.1 Å². The lowest BCUT2D eigenvalue weighted by atomic mass is 9.74. The average molecular weight is 369 g/mol. The summed E-state index contributed by atoms with van der Waals surface area (Å²) < 4.78 is 9.60. The van der Waals surface area contributed by atoms with Gasteiger partial charge >= 0.3 is 12.1 Å². The van der Waals surface area contributed by atoms with Crippen molar-refractivity contribution in [2.45, 2.75) is 31.2 Å². The second kappa shape index (κ2) is 8.31. The number of halogens is 1. The summed E-state index contributed by atoms with van der Waals surface area (Å²) in [5.41, 5.74) is 4.49. The van der Waals surface area contributed by atoms with E-state index in [1.54, 1.807) is 24.3 Å². The molecule has 1 aromatic carbocycles. The first kappa shape index (κ1) is 19.2. The number of esters is 1. The number of rotatable bonds is 5. The fourth-order valence-electron chi connectivity index (χ4n) is 3.09. The third kappa shape index (κ3) is 3.93. The van der Waals surface area contributed by atoms with Crippen molar-refractivity contribution in [1.82, 2.24) is 4.90 Å². The number of carbonyl (C=O) groups excluding carboxylic acids is 3. The lowest BCUT2D eigenvalue weighted by Crippen LogP contribution is -2.54. The maximum atomic E-state index is 12.8. The first-order chi connectivity index (χ1) is 11.9. The van der Waals surface area contributed by atoms with E-state index in [1.807, 2.05) is 0 Å². The molecule has 2 N–H and O–H groups in total. The molecule has 7 nitrogen and oxygen atoms in total. The fraction of sp³-hybridized carbons (Fsp3) is 0.471. The predicted octanol–water partition coefficient (Wildman–Crippen LogP) is 2.21. The van der Waals surface area contributed by atoms with Gasteiger partial charge in [0.05, 0.1) is 6.54 Å². The van der Waals surface area contributed by atoms with Gasteiger partial charge in [0.2, 0.25) is 6.79 Å². The van der Waals surface area contributed by atoms with Crippen molar-refractivity contribution in [2.75, 3.05) is 20.4 Å². The van der Waals surface area contributed by atoms with Crippen LogP contribution < -0.4 is 5.73 Å². The fourth-order valence-corrected chi connectivity index (χ4v) is 3.38. The molecule has 0 saturated heterocycles. The number of ketones is 1. The van der Waals surface area contributed by atoms with Crippen LogP contribution in [0, 0.1) is 0 Å². The Bertz CT molecular complexity index is 666. The first-order valence-corrected chi connectivity index (χ1v) is 8.36. The molecule has 0 aliphatic heterocycles. The Morgan fingerprint density at radius 1 is 1.28 bits per heavy atom. The van der Waals surface area contributed by atoms with Crippen LogP contribution in [0.5, 0.6) is 0 Å². The summed E-state index contributed by atoms with van der Waals surface area (Å²) in [7, 11) is 1.49. The van der Waals surface area contributed by atoms with E-state index < -0.39 is 24.4 Å². The molecule has 2 rings (SSSR count). The molecular weight excluding hydrogens is 348 g/mol. The zero-order chi connectivity index (χ0) is 18.4. The second-order valence-corrected chi connectivity index (χ2v) is 6.19. The van der Waals surface area contributed by atoms with Gasteiger partial charge in [0.15, 0.2) is 5.78 Å². The number of nitrogens with zero attached hydrogens (tertiary/aromatic N) is 1. The van der Waals surface area contributed by atoms with E-state index in [9.17, 15) is 14.4 Å². The topological polar surface area (TPSA) is 98.9 Å². The number of nitrogens with two attached hydrogens (primary N) is 1. The highest BCUT2D eigenvalue weighted by atomic mass is 35.5. The van der Waals surface area contributed by atoms with Crippen LogP contribution in [0.25, 0.3) is 0 Å². The maximum absolute atomic E-state index is 12.8. The molecule has 1 saturated carbocycles. The van der Waals surface area contributed by atoms with E-state index in [2.05, 4.69) is 4.74 Å². The van der Waals surface area contributed by atoms with Crippen LogP contribution in [0.3, 0.4) is 0 Å². The normalized spacial score (nSPS) is 20.0. The summed E-state index contributed by atoms with van der Waals surface area (Å²) in [6, 6.07) is 6.96. The third-order valence-electron chi connectivity index (χ3n) is 4.39. The van der Waals surface area contributed by atoms with Crippen molar-refractivity contribution < 1.29 is 23.9 Å². The molecule has 1 atom stereocenters. The highest BCUT2D eigenvalue weighted by Gasteiger charge is 2.48. The minimum absolute atomic E-state index is 0.0924. The predicted molar refractivity (Wildman–Crippen MR) is 90.9 cm³/mol. The van der Waals surface area contributed by atoms with Crippen LogP contribution in [-0.4, -0.2) is 43.1 Å². The minimum atomic E-state index is -1.19. The molecule has 136 valence electrons. The second-order valence-electron chi connectivity index (χ2n) is 5.78. The molecular formula is C17H21ClN2O5. The molecule has 1 fully saturated rings. The lowest BCUT2D eigenvalue weighted by Gasteiger charge is -2.43.